The Labute approximate surface area is 136 Å². The molecule has 0 amide bonds. The first-order chi connectivity index (χ1) is 11.3. The van der Waals surface area contributed by atoms with E-state index in [9.17, 15) is 0 Å². The number of rotatable bonds is 5. The molecule has 0 atom stereocenters. The lowest BCUT2D eigenvalue weighted by Crippen LogP contribution is -1.96. The topological polar surface area (TPSA) is 47.3 Å². The second-order valence-corrected chi connectivity index (χ2v) is 5.31. The van der Waals surface area contributed by atoms with E-state index >= 15 is 0 Å². The van der Waals surface area contributed by atoms with Gasteiger partial charge in [-0.15, -0.1) is 0 Å². The van der Waals surface area contributed by atoms with Gasteiger partial charge in [-0.1, -0.05) is 42.5 Å². The Morgan fingerprint density at radius 3 is 2.26 bits per heavy atom. The molecule has 0 aliphatic heterocycles. The van der Waals surface area contributed by atoms with E-state index in [1.807, 2.05) is 54.6 Å². The number of hydrogen-bond acceptors (Lipinski definition) is 3. The maximum Gasteiger partial charge on any atom is 0.126 e. The van der Waals surface area contributed by atoms with Gasteiger partial charge in [0, 0.05) is 23.5 Å². The molecule has 0 fully saturated rings. The van der Waals surface area contributed by atoms with Crippen LogP contribution in [0, 0.1) is 0 Å². The Balaban J connectivity index is 1.95. The van der Waals surface area contributed by atoms with Crippen molar-refractivity contribution >= 4 is 11.4 Å². The van der Waals surface area contributed by atoms with E-state index in [-0.39, 0.29) is 0 Å². The van der Waals surface area contributed by atoms with Gasteiger partial charge in [-0.05, 0) is 41.5 Å². The van der Waals surface area contributed by atoms with Crippen molar-refractivity contribution in [1.82, 2.24) is 0 Å². The Morgan fingerprint density at radius 1 is 0.870 bits per heavy atom. The Bertz CT molecular complexity index is 767. The van der Waals surface area contributed by atoms with E-state index < -0.39 is 0 Å². The lowest BCUT2D eigenvalue weighted by Gasteiger charge is -2.13. The number of methoxy groups -OCH3 is 1. The van der Waals surface area contributed by atoms with Gasteiger partial charge in [0.05, 0.1) is 7.11 Å². The van der Waals surface area contributed by atoms with E-state index in [1.54, 1.807) is 7.11 Å². The molecule has 3 aromatic carbocycles. The summed E-state index contributed by atoms with van der Waals surface area (Å²) in [5, 5.41) is 3.41. The molecular weight excluding hydrogens is 284 g/mol. The van der Waals surface area contributed by atoms with Crippen LogP contribution in [0.2, 0.25) is 0 Å². The molecule has 0 bridgehead atoms. The molecule has 0 unspecified atom stereocenters. The fraction of sp³-hybridized carbons (Fsp3) is 0.100. The fourth-order valence-electron chi connectivity index (χ4n) is 2.52. The predicted molar refractivity (Wildman–Crippen MR) is 96.0 cm³/mol. The van der Waals surface area contributed by atoms with Crippen LogP contribution in [0.15, 0.2) is 72.8 Å². The van der Waals surface area contributed by atoms with Gasteiger partial charge in [0.2, 0.25) is 0 Å². The summed E-state index contributed by atoms with van der Waals surface area (Å²) in [5.41, 5.74) is 11.0. The molecule has 3 aromatic rings. The third kappa shape index (κ3) is 3.52. The molecule has 0 spiro atoms. The quantitative estimate of drug-likeness (QED) is 0.726. The Morgan fingerprint density at radius 2 is 1.61 bits per heavy atom. The summed E-state index contributed by atoms with van der Waals surface area (Å²) in [5.74, 6) is 0.851. The number of para-hydroxylation sites is 1. The largest absolute Gasteiger partial charge is 0.496 e. The first kappa shape index (κ1) is 15.1. The number of anilines is 2. The second kappa shape index (κ2) is 6.99. The fourth-order valence-corrected chi connectivity index (χ4v) is 2.52. The molecule has 116 valence electrons. The highest BCUT2D eigenvalue weighted by atomic mass is 16.5. The lowest BCUT2D eigenvalue weighted by molar-refractivity contribution is 0.416. The number of nitrogens with two attached hydrogens (primary N) is 1. The standard InChI is InChI=1S/C20H20N2O/c1-23-20-12-11-18(22-17-5-3-2-4-6-17)13-19(20)16-9-7-15(14-21)8-10-16/h2-13,22H,14,21H2,1H3. The first-order valence-corrected chi connectivity index (χ1v) is 7.59. The molecule has 0 aromatic heterocycles. The van der Waals surface area contributed by atoms with Gasteiger partial charge >= 0.3 is 0 Å². The monoisotopic (exact) mass is 304 g/mol. The number of hydrogen-bond donors (Lipinski definition) is 2. The van der Waals surface area contributed by atoms with Crippen LogP contribution in [0.25, 0.3) is 11.1 Å². The molecule has 3 nitrogen and oxygen atoms in total. The summed E-state index contributed by atoms with van der Waals surface area (Å²) >= 11 is 0. The molecule has 0 heterocycles. The molecule has 3 heteroatoms. The zero-order valence-electron chi connectivity index (χ0n) is 13.1. The van der Waals surface area contributed by atoms with E-state index in [0.717, 1.165) is 33.8 Å². The van der Waals surface area contributed by atoms with Crippen molar-refractivity contribution in [1.29, 1.82) is 0 Å². The molecule has 0 saturated carbocycles. The maximum absolute atomic E-state index is 5.67. The summed E-state index contributed by atoms with van der Waals surface area (Å²) in [6.07, 6.45) is 0. The normalized spacial score (nSPS) is 10.3. The van der Waals surface area contributed by atoms with E-state index in [4.69, 9.17) is 10.5 Å². The predicted octanol–water partition coefficient (Wildman–Crippen LogP) is 4.56. The van der Waals surface area contributed by atoms with Crippen molar-refractivity contribution in [2.24, 2.45) is 5.73 Å². The van der Waals surface area contributed by atoms with Crippen LogP contribution in [-0.4, -0.2) is 7.11 Å². The average Bonchev–Trinajstić information content (AvgIpc) is 2.62. The molecule has 0 aliphatic carbocycles. The molecule has 3 N–H and O–H groups in total. The van der Waals surface area contributed by atoms with E-state index in [1.165, 1.54) is 0 Å². The van der Waals surface area contributed by atoms with Crippen LogP contribution in [0.4, 0.5) is 11.4 Å². The molecular formula is C20H20N2O. The Kier molecular flexibility index (Phi) is 4.60. The molecule has 0 aliphatic rings. The van der Waals surface area contributed by atoms with Crippen LogP contribution < -0.4 is 15.8 Å². The lowest BCUT2D eigenvalue weighted by atomic mass is 10.0. The van der Waals surface area contributed by atoms with Gasteiger partial charge in [-0.25, -0.2) is 0 Å². The zero-order valence-corrected chi connectivity index (χ0v) is 13.1. The minimum Gasteiger partial charge on any atom is -0.496 e. The minimum atomic E-state index is 0.549. The van der Waals surface area contributed by atoms with Crippen molar-refractivity contribution in [3.05, 3.63) is 78.4 Å². The summed E-state index contributed by atoms with van der Waals surface area (Å²) in [6.45, 7) is 0.549. The van der Waals surface area contributed by atoms with Crippen molar-refractivity contribution < 1.29 is 4.74 Å². The number of nitrogens with one attached hydrogen (secondary N) is 1. The van der Waals surface area contributed by atoms with Crippen LogP contribution in [-0.2, 0) is 6.54 Å². The van der Waals surface area contributed by atoms with Gasteiger partial charge in [-0.3, -0.25) is 0 Å². The summed E-state index contributed by atoms with van der Waals surface area (Å²) in [6, 6.07) is 24.5. The minimum absolute atomic E-state index is 0.549. The second-order valence-electron chi connectivity index (χ2n) is 5.31. The zero-order chi connectivity index (χ0) is 16.1. The average molecular weight is 304 g/mol. The van der Waals surface area contributed by atoms with Crippen LogP contribution in [0.3, 0.4) is 0 Å². The number of benzene rings is 3. The van der Waals surface area contributed by atoms with Gasteiger partial charge in [0.15, 0.2) is 0 Å². The van der Waals surface area contributed by atoms with Crippen molar-refractivity contribution in [2.75, 3.05) is 12.4 Å². The highest BCUT2D eigenvalue weighted by molar-refractivity contribution is 5.76. The smallest absolute Gasteiger partial charge is 0.126 e. The van der Waals surface area contributed by atoms with Crippen LogP contribution in [0.1, 0.15) is 5.56 Å². The van der Waals surface area contributed by atoms with Crippen LogP contribution in [0.5, 0.6) is 5.75 Å². The van der Waals surface area contributed by atoms with E-state index in [0.29, 0.717) is 6.54 Å². The Hall–Kier alpha value is -2.78. The van der Waals surface area contributed by atoms with E-state index in [2.05, 4.69) is 23.5 Å². The third-order valence-electron chi connectivity index (χ3n) is 3.76. The van der Waals surface area contributed by atoms with Gasteiger partial charge < -0.3 is 15.8 Å². The number of ether oxygens (including phenoxy) is 1. The van der Waals surface area contributed by atoms with Crippen LogP contribution >= 0.6 is 0 Å². The van der Waals surface area contributed by atoms with Gasteiger partial charge in [-0.2, -0.15) is 0 Å². The summed E-state index contributed by atoms with van der Waals surface area (Å²) in [7, 11) is 1.69. The van der Waals surface area contributed by atoms with Crippen molar-refractivity contribution in [3.63, 3.8) is 0 Å². The molecule has 3 rings (SSSR count). The maximum atomic E-state index is 5.67. The highest BCUT2D eigenvalue weighted by Crippen LogP contribution is 2.33. The molecule has 0 radical (unpaired) electrons. The SMILES string of the molecule is COc1ccc(Nc2ccccc2)cc1-c1ccc(CN)cc1. The summed E-state index contributed by atoms with van der Waals surface area (Å²) < 4.78 is 5.51. The molecule has 0 saturated heterocycles. The highest BCUT2D eigenvalue weighted by Gasteiger charge is 2.07. The van der Waals surface area contributed by atoms with Gasteiger partial charge in [0.25, 0.3) is 0 Å². The first-order valence-electron chi connectivity index (χ1n) is 7.59. The van der Waals surface area contributed by atoms with Gasteiger partial charge in [0.1, 0.15) is 5.75 Å². The third-order valence-corrected chi connectivity index (χ3v) is 3.76. The summed E-state index contributed by atoms with van der Waals surface area (Å²) in [4.78, 5) is 0. The molecule has 23 heavy (non-hydrogen) atoms. The van der Waals surface area contributed by atoms with Crippen molar-refractivity contribution in [3.8, 4) is 16.9 Å². The van der Waals surface area contributed by atoms with Crippen molar-refractivity contribution in [2.45, 2.75) is 6.54 Å².